The van der Waals surface area contributed by atoms with E-state index in [0.29, 0.717) is 28.9 Å². The minimum atomic E-state index is -0.320. The van der Waals surface area contributed by atoms with Gasteiger partial charge in [0.15, 0.2) is 0 Å². The summed E-state index contributed by atoms with van der Waals surface area (Å²) in [5.41, 5.74) is 1.44. The third kappa shape index (κ3) is 3.23. The van der Waals surface area contributed by atoms with Crippen LogP contribution in [0.25, 0.3) is 11.4 Å². The second-order valence-corrected chi connectivity index (χ2v) is 6.95. The predicted octanol–water partition coefficient (Wildman–Crippen LogP) is 4.29. The minimum Gasteiger partial charge on any atom is -0.366 e. The van der Waals surface area contributed by atoms with Crippen LogP contribution in [0.4, 0.5) is 11.4 Å². The van der Waals surface area contributed by atoms with Crippen LogP contribution in [0.2, 0.25) is 0 Å². The van der Waals surface area contributed by atoms with E-state index in [1.165, 1.54) is 19.3 Å². The zero-order valence-corrected chi connectivity index (χ0v) is 14.2. The molecule has 1 saturated heterocycles. The molecule has 1 aliphatic heterocycles. The molecule has 2 heterocycles. The fraction of sp³-hybridized carbons (Fsp3) is 0.556. The van der Waals surface area contributed by atoms with E-state index in [2.05, 4.69) is 15.0 Å². The van der Waals surface area contributed by atoms with Gasteiger partial charge in [0.05, 0.1) is 4.92 Å². The van der Waals surface area contributed by atoms with Gasteiger partial charge in [-0.1, -0.05) is 24.4 Å². The molecule has 1 aromatic carbocycles. The third-order valence-corrected chi connectivity index (χ3v) is 5.27. The molecule has 25 heavy (non-hydrogen) atoms. The Hall–Kier alpha value is -2.44. The van der Waals surface area contributed by atoms with Crippen molar-refractivity contribution in [3.8, 4) is 11.4 Å². The first-order chi connectivity index (χ1) is 12.2. The van der Waals surface area contributed by atoms with Gasteiger partial charge in [0.1, 0.15) is 5.69 Å². The molecule has 2 aromatic rings. The van der Waals surface area contributed by atoms with Crippen molar-refractivity contribution in [1.82, 2.24) is 10.1 Å². The van der Waals surface area contributed by atoms with Crippen LogP contribution in [-0.4, -0.2) is 28.2 Å². The van der Waals surface area contributed by atoms with Crippen LogP contribution in [-0.2, 0) is 0 Å². The second kappa shape index (κ2) is 6.82. The standard InChI is InChI=1S/C18H22N4O3/c23-22(24)16-12-14(8-9-15(16)21-10-4-5-11-21)17-19-18(25-20-17)13-6-2-1-3-7-13/h8-9,12-13H,1-7,10-11H2. The number of aromatic nitrogens is 2. The van der Waals surface area contributed by atoms with Crippen molar-refractivity contribution < 1.29 is 9.45 Å². The van der Waals surface area contributed by atoms with Crippen LogP contribution in [0.3, 0.4) is 0 Å². The van der Waals surface area contributed by atoms with Crippen LogP contribution >= 0.6 is 0 Å². The zero-order valence-electron chi connectivity index (χ0n) is 14.2. The maximum Gasteiger partial charge on any atom is 0.293 e. The molecule has 0 atom stereocenters. The molecule has 7 heteroatoms. The molecule has 0 radical (unpaired) electrons. The molecule has 4 rings (SSSR count). The Labute approximate surface area is 146 Å². The van der Waals surface area contributed by atoms with Crippen LogP contribution in [0.1, 0.15) is 56.8 Å². The van der Waals surface area contributed by atoms with Gasteiger partial charge >= 0.3 is 0 Å². The molecule has 0 spiro atoms. The summed E-state index contributed by atoms with van der Waals surface area (Å²) in [4.78, 5) is 17.8. The molecule has 1 saturated carbocycles. The average Bonchev–Trinajstić information content (AvgIpc) is 3.34. The van der Waals surface area contributed by atoms with Gasteiger partial charge in [-0.05, 0) is 37.8 Å². The van der Waals surface area contributed by atoms with Crippen molar-refractivity contribution in [3.63, 3.8) is 0 Å². The minimum absolute atomic E-state index is 0.114. The van der Waals surface area contributed by atoms with Crippen LogP contribution in [0.15, 0.2) is 22.7 Å². The lowest BCUT2D eigenvalue weighted by molar-refractivity contribution is -0.384. The number of hydrogen-bond acceptors (Lipinski definition) is 6. The molecule has 7 nitrogen and oxygen atoms in total. The van der Waals surface area contributed by atoms with Crippen molar-refractivity contribution in [2.24, 2.45) is 0 Å². The van der Waals surface area contributed by atoms with Gasteiger partial charge in [0.25, 0.3) is 5.69 Å². The first-order valence-electron chi connectivity index (χ1n) is 9.10. The van der Waals surface area contributed by atoms with Gasteiger partial charge in [0, 0.05) is 30.6 Å². The van der Waals surface area contributed by atoms with E-state index in [9.17, 15) is 10.1 Å². The summed E-state index contributed by atoms with van der Waals surface area (Å²) in [6.07, 6.45) is 7.97. The molecular formula is C18H22N4O3. The Bertz CT molecular complexity index is 761. The largest absolute Gasteiger partial charge is 0.366 e. The highest BCUT2D eigenvalue weighted by molar-refractivity contribution is 5.71. The SMILES string of the molecule is O=[N+]([O-])c1cc(-c2noc(C3CCCCC3)n2)ccc1N1CCCC1. The maximum atomic E-state index is 11.5. The molecule has 2 fully saturated rings. The number of nitro groups is 1. The van der Waals surface area contributed by atoms with E-state index < -0.39 is 0 Å². The molecule has 0 unspecified atom stereocenters. The van der Waals surface area contributed by atoms with Crippen molar-refractivity contribution in [1.29, 1.82) is 0 Å². The molecule has 1 aromatic heterocycles. The Morgan fingerprint density at radius 3 is 2.60 bits per heavy atom. The highest BCUT2D eigenvalue weighted by Crippen LogP contribution is 2.36. The lowest BCUT2D eigenvalue weighted by atomic mass is 9.89. The smallest absolute Gasteiger partial charge is 0.293 e. The molecule has 0 N–H and O–H groups in total. The fourth-order valence-electron chi connectivity index (χ4n) is 3.90. The summed E-state index contributed by atoms with van der Waals surface area (Å²) in [6, 6.07) is 5.24. The van der Waals surface area contributed by atoms with Crippen LogP contribution in [0, 0.1) is 10.1 Å². The summed E-state index contributed by atoms with van der Waals surface area (Å²) in [5, 5.41) is 15.6. The molecule has 2 aliphatic rings. The van der Waals surface area contributed by atoms with Crippen LogP contribution < -0.4 is 4.90 Å². The van der Waals surface area contributed by atoms with Gasteiger partial charge in [-0.3, -0.25) is 10.1 Å². The summed E-state index contributed by atoms with van der Waals surface area (Å²) in [5.74, 6) is 1.44. The monoisotopic (exact) mass is 342 g/mol. The Morgan fingerprint density at radius 2 is 1.88 bits per heavy atom. The van der Waals surface area contributed by atoms with E-state index in [-0.39, 0.29) is 10.6 Å². The molecule has 1 aliphatic carbocycles. The van der Waals surface area contributed by atoms with E-state index >= 15 is 0 Å². The first-order valence-corrected chi connectivity index (χ1v) is 9.10. The summed E-state index contributed by atoms with van der Waals surface area (Å²) in [6.45, 7) is 1.74. The van der Waals surface area contributed by atoms with Crippen LogP contribution in [0.5, 0.6) is 0 Å². The number of rotatable bonds is 4. The first kappa shape index (κ1) is 16.1. The third-order valence-electron chi connectivity index (χ3n) is 5.27. The fourth-order valence-corrected chi connectivity index (χ4v) is 3.90. The lowest BCUT2D eigenvalue weighted by Gasteiger charge is -2.17. The van der Waals surface area contributed by atoms with Gasteiger partial charge in [0.2, 0.25) is 11.7 Å². The number of anilines is 1. The average molecular weight is 342 g/mol. The Morgan fingerprint density at radius 1 is 1.12 bits per heavy atom. The summed E-state index contributed by atoms with van der Waals surface area (Å²) >= 11 is 0. The van der Waals surface area contributed by atoms with Crippen molar-refractivity contribution in [2.45, 2.75) is 50.9 Å². The van der Waals surface area contributed by atoms with Crippen molar-refractivity contribution in [3.05, 3.63) is 34.2 Å². The number of nitrogens with zero attached hydrogens (tertiary/aromatic N) is 4. The van der Waals surface area contributed by atoms with Crippen molar-refractivity contribution >= 4 is 11.4 Å². The predicted molar refractivity (Wildman–Crippen MR) is 93.7 cm³/mol. The van der Waals surface area contributed by atoms with Gasteiger partial charge < -0.3 is 9.42 Å². The lowest BCUT2D eigenvalue weighted by Crippen LogP contribution is -2.18. The highest BCUT2D eigenvalue weighted by Gasteiger charge is 2.25. The molecular weight excluding hydrogens is 320 g/mol. The molecule has 0 bridgehead atoms. The van der Waals surface area contributed by atoms with Gasteiger partial charge in [-0.25, -0.2) is 0 Å². The Balaban J connectivity index is 1.63. The second-order valence-electron chi connectivity index (χ2n) is 6.95. The highest BCUT2D eigenvalue weighted by atomic mass is 16.6. The van der Waals surface area contributed by atoms with E-state index in [1.807, 2.05) is 12.1 Å². The summed E-state index contributed by atoms with van der Waals surface area (Å²) < 4.78 is 5.45. The van der Waals surface area contributed by atoms with Gasteiger partial charge in [-0.2, -0.15) is 4.98 Å². The number of benzene rings is 1. The van der Waals surface area contributed by atoms with Gasteiger partial charge in [-0.15, -0.1) is 0 Å². The topological polar surface area (TPSA) is 85.3 Å². The quantitative estimate of drug-likeness (QED) is 0.608. The van der Waals surface area contributed by atoms with E-state index in [4.69, 9.17) is 4.52 Å². The van der Waals surface area contributed by atoms with Crippen molar-refractivity contribution in [2.75, 3.05) is 18.0 Å². The Kier molecular flexibility index (Phi) is 4.38. The normalized spacial score (nSPS) is 18.6. The molecule has 0 amide bonds. The van der Waals surface area contributed by atoms with E-state index in [1.54, 1.807) is 6.07 Å². The van der Waals surface area contributed by atoms with E-state index in [0.717, 1.165) is 38.8 Å². The summed E-state index contributed by atoms with van der Waals surface area (Å²) in [7, 11) is 0. The molecule has 132 valence electrons. The zero-order chi connectivity index (χ0) is 17.2. The maximum absolute atomic E-state index is 11.5. The number of nitro benzene ring substituents is 1. The number of hydrogen-bond donors (Lipinski definition) is 0.